The highest BCUT2D eigenvalue weighted by Gasteiger charge is 1.90. The van der Waals surface area contributed by atoms with Crippen LogP contribution >= 0.6 is 0 Å². The van der Waals surface area contributed by atoms with Gasteiger partial charge in [-0.05, 0) is 27.7 Å². The van der Waals surface area contributed by atoms with Crippen LogP contribution in [0.15, 0.2) is 24.3 Å². The zero-order chi connectivity index (χ0) is 14.6. The molecule has 5 nitrogen and oxygen atoms in total. The number of rotatable bonds is 3. The Hall–Kier alpha value is -1.09. The molecular formula is C11H19AlO5. The molecule has 0 fully saturated rings. The first-order valence-corrected chi connectivity index (χ1v) is 5.16. The van der Waals surface area contributed by atoms with E-state index in [4.69, 9.17) is 10.2 Å². The zero-order valence-electron chi connectivity index (χ0n) is 10.7. The fourth-order valence-corrected chi connectivity index (χ4v) is 0. The molecule has 0 rings (SSSR count). The third-order valence-electron chi connectivity index (χ3n) is 1.00. The second-order valence-electron chi connectivity index (χ2n) is 3.36. The minimum atomic E-state index is -0.935. The predicted molar refractivity (Wildman–Crippen MR) is 66.9 cm³/mol. The average molecular weight is 258 g/mol. The van der Waals surface area contributed by atoms with Gasteiger partial charge in [-0.15, -0.1) is 0 Å². The van der Waals surface area contributed by atoms with E-state index < -0.39 is 11.9 Å². The Balaban J connectivity index is -0.000000174. The maximum Gasteiger partial charge on any atom is 0.369 e. The lowest BCUT2D eigenvalue weighted by Gasteiger charge is -1.98. The largest absolute Gasteiger partial charge is 0.514 e. The third kappa shape index (κ3) is 31.3. The van der Waals surface area contributed by atoms with Crippen LogP contribution in [0, 0.1) is 0 Å². The summed E-state index contributed by atoms with van der Waals surface area (Å²) in [6.07, 6.45) is 0.347. The van der Waals surface area contributed by atoms with Gasteiger partial charge in [-0.2, -0.15) is 0 Å². The minimum absolute atomic E-state index is 0.176. The second-order valence-corrected chi connectivity index (χ2v) is 3.63. The van der Waals surface area contributed by atoms with Gasteiger partial charge in [0.25, 0.3) is 0 Å². The van der Waals surface area contributed by atoms with E-state index in [1.807, 2.05) is 13.8 Å². The van der Waals surface area contributed by atoms with Crippen molar-refractivity contribution in [2.45, 2.75) is 33.8 Å². The molecule has 6 heteroatoms. The Labute approximate surface area is 111 Å². The van der Waals surface area contributed by atoms with Crippen molar-refractivity contribution in [3.8, 4) is 0 Å². The van der Waals surface area contributed by atoms with Crippen molar-refractivity contribution in [2.24, 2.45) is 0 Å². The smallest absolute Gasteiger partial charge is 0.369 e. The lowest BCUT2D eigenvalue weighted by molar-refractivity contribution is -0.133. The molecule has 0 saturated carbocycles. The van der Waals surface area contributed by atoms with Crippen molar-refractivity contribution < 1.29 is 23.6 Å². The Morgan fingerprint density at radius 2 is 1.18 bits per heavy atom. The summed E-state index contributed by atoms with van der Waals surface area (Å²) in [5.74, 6) is -1.87. The monoisotopic (exact) mass is 258 g/mol. The number of hydrogen-bond acceptors (Lipinski definition) is 3. The molecule has 0 heterocycles. The Morgan fingerprint density at radius 1 is 1.06 bits per heavy atom. The van der Waals surface area contributed by atoms with Crippen LogP contribution in [0.2, 0.25) is 0 Å². The van der Waals surface area contributed by atoms with E-state index >= 15 is 0 Å². The summed E-state index contributed by atoms with van der Waals surface area (Å²) in [6, 6.07) is 0. The molecule has 2 radical (unpaired) electrons. The lowest BCUT2D eigenvalue weighted by atomic mass is 10.4. The van der Waals surface area contributed by atoms with Crippen LogP contribution in [0.4, 0.5) is 0 Å². The van der Waals surface area contributed by atoms with Crippen molar-refractivity contribution in [1.29, 1.82) is 0 Å². The SMILES string of the molecule is C=C(C)C(=O)O.C=C(C)C(=O)O.CC(C)[O][Al]. The van der Waals surface area contributed by atoms with Gasteiger partial charge in [0, 0.05) is 17.3 Å². The highest BCUT2D eigenvalue weighted by molar-refractivity contribution is 5.98. The van der Waals surface area contributed by atoms with E-state index in [2.05, 4.69) is 33.6 Å². The minimum Gasteiger partial charge on any atom is -0.514 e. The Morgan fingerprint density at radius 3 is 1.18 bits per heavy atom. The maximum atomic E-state index is 9.60. The van der Waals surface area contributed by atoms with Crippen molar-refractivity contribution >= 4 is 28.6 Å². The highest BCUT2D eigenvalue weighted by Crippen LogP contribution is 1.81. The molecule has 2 N–H and O–H groups in total. The van der Waals surface area contributed by atoms with Gasteiger partial charge in [0.1, 0.15) is 0 Å². The molecule has 0 aromatic rings. The van der Waals surface area contributed by atoms with Gasteiger partial charge in [0.2, 0.25) is 0 Å². The molecule has 0 spiro atoms. The van der Waals surface area contributed by atoms with Crippen molar-refractivity contribution in [3.05, 3.63) is 24.3 Å². The fourth-order valence-electron chi connectivity index (χ4n) is 0. The van der Waals surface area contributed by atoms with Gasteiger partial charge in [-0.3, -0.25) is 0 Å². The first-order valence-electron chi connectivity index (χ1n) is 4.69. The normalized spacial score (nSPS) is 8.06. The number of aliphatic carboxylic acids is 2. The Kier molecular flexibility index (Phi) is 16.2. The van der Waals surface area contributed by atoms with E-state index in [9.17, 15) is 9.59 Å². The van der Waals surface area contributed by atoms with E-state index in [0.29, 0.717) is 6.10 Å². The van der Waals surface area contributed by atoms with Crippen molar-refractivity contribution in [2.75, 3.05) is 0 Å². The molecular weight excluding hydrogens is 239 g/mol. The molecule has 0 bridgehead atoms. The molecule has 0 aliphatic heterocycles. The molecule has 0 amide bonds. The maximum absolute atomic E-state index is 9.60. The first-order chi connectivity index (χ1) is 7.56. The van der Waals surface area contributed by atoms with Crippen LogP contribution < -0.4 is 0 Å². The summed E-state index contributed by atoms with van der Waals surface area (Å²) in [7, 11) is 0. The predicted octanol–water partition coefficient (Wildman–Crippen LogP) is 1.79. The van der Waals surface area contributed by atoms with E-state index in [-0.39, 0.29) is 11.1 Å². The summed E-state index contributed by atoms with van der Waals surface area (Å²) in [6.45, 7) is 13.2. The molecule has 0 saturated heterocycles. The van der Waals surface area contributed by atoms with E-state index in [1.165, 1.54) is 13.8 Å². The van der Waals surface area contributed by atoms with Gasteiger partial charge in [-0.25, -0.2) is 9.59 Å². The van der Waals surface area contributed by atoms with Gasteiger partial charge in [-0.1, -0.05) is 13.2 Å². The molecule has 96 valence electrons. The van der Waals surface area contributed by atoms with Crippen LogP contribution in [0.5, 0.6) is 0 Å². The standard InChI is InChI=1S/2C4H6O2.C3H7O.Al/c2*1-3(2)4(5)6;1-3(2)4;/h2*1H2,2H3,(H,5,6);3H,1-2H3;/q;;-1;+1. The topological polar surface area (TPSA) is 83.8 Å². The zero-order valence-corrected chi connectivity index (χ0v) is 11.8. The molecule has 0 aromatic carbocycles. The van der Waals surface area contributed by atoms with Crippen LogP contribution in [0.3, 0.4) is 0 Å². The molecule has 0 aliphatic rings. The van der Waals surface area contributed by atoms with Gasteiger partial charge in [0.15, 0.2) is 0 Å². The van der Waals surface area contributed by atoms with Crippen LogP contribution in [-0.2, 0) is 13.4 Å². The first kappa shape index (κ1) is 21.2. The third-order valence-corrected chi connectivity index (χ3v) is 1.55. The molecule has 0 unspecified atom stereocenters. The number of carboxylic acids is 2. The second kappa shape index (κ2) is 13.0. The van der Waals surface area contributed by atoms with Gasteiger partial charge in [0.05, 0.1) is 0 Å². The van der Waals surface area contributed by atoms with E-state index in [0.717, 1.165) is 0 Å². The van der Waals surface area contributed by atoms with Gasteiger partial charge >= 0.3 is 28.6 Å². The summed E-state index contributed by atoms with van der Waals surface area (Å²) in [4.78, 5) is 19.2. The fraction of sp³-hybridized carbons (Fsp3) is 0.455. The molecule has 17 heavy (non-hydrogen) atoms. The summed E-state index contributed by atoms with van der Waals surface area (Å²) >= 11 is 2.19. The summed E-state index contributed by atoms with van der Waals surface area (Å²) in [5, 5.41) is 15.8. The number of hydrogen-bond donors (Lipinski definition) is 2. The van der Waals surface area contributed by atoms with Crippen LogP contribution in [0.1, 0.15) is 27.7 Å². The lowest BCUT2D eigenvalue weighted by Crippen LogP contribution is -1.95. The number of carboxylic acid groups (broad SMARTS) is 2. The van der Waals surface area contributed by atoms with Crippen molar-refractivity contribution in [3.63, 3.8) is 0 Å². The molecule has 0 aromatic heterocycles. The van der Waals surface area contributed by atoms with Crippen LogP contribution in [0.25, 0.3) is 0 Å². The average Bonchev–Trinajstić information content (AvgIpc) is 2.19. The summed E-state index contributed by atoms with van der Waals surface area (Å²) in [5.41, 5.74) is 0.352. The van der Waals surface area contributed by atoms with Gasteiger partial charge < -0.3 is 14.0 Å². The molecule has 0 aliphatic carbocycles. The van der Waals surface area contributed by atoms with Crippen molar-refractivity contribution in [1.82, 2.24) is 0 Å². The summed E-state index contributed by atoms with van der Waals surface area (Å²) < 4.78 is 4.67. The van der Waals surface area contributed by atoms with Crippen LogP contribution in [-0.4, -0.2) is 44.9 Å². The Bertz CT molecular complexity index is 223. The highest BCUT2D eigenvalue weighted by atomic mass is 27.1. The van der Waals surface area contributed by atoms with E-state index in [1.54, 1.807) is 0 Å². The molecule has 0 atom stereocenters. The number of carbonyl (C=O) groups is 2. The quantitative estimate of drug-likeness (QED) is 0.595.